The Morgan fingerprint density at radius 2 is 2.00 bits per heavy atom. The Balaban J connectivity index is 1.79. The Labute approximate surface area is 125 Å². The van der Waals surface area contributed by atoms with Crippen molar-refractivity contribution in [1.29, 1.82) is 0 Å². The molecule has 0 unspecified atom stereocenters. The third-order valence-electron chi connectivity index (χ3n) is 2.84. The van der Waals surface area contributed by atoms with Crippen LogP contribution in [0.4, 0.5) is 0 Å². The van der Waals surface area contributed by atoms with Gasteiger partial charge in [-0.05, 0) is 31.5 Å². The average Bonchev–Trinajstić information content (AvgIpc) is 2.86. The normalized spacial score (nSPS) is 11.0. The maximum Gasteiger partial charge on any atom is 0.140 e. The van der Waals surface area contributed by atoms with Crippen molar-refractivity contribution >= 4 is 11.3 Å². The first-order valence-corrected chi connectivity index (χ1v) is 7.85. The van der Waals surface area contributed by atoms with Crippen molar-refractivity contribution in [3.8, 4) is 5.75 Å². The Hall–Kier alpha value is -1.39. The molecule has 0 aliphatic rings. The average molecular weight is 290 g/mol. The Kier molecular flexibility index (Phi) is 5.56. The van der Waals surface area contributed by atoms with Crippen LogP contribution in [0.25, 0.3) is 0 Å². The topological polar surface area (TPSA) is 34.1 Å². The third kappa shape index (κ3) is 4.94. The summed E-state index contributed by atoms with van der Waals surface area (Å²) in [4.78, 5) is 4.57. The second kappa shape index (κ2) is 7.41. The number of nitrogens with zero attached hydrogens (tertiary/aromatic N) is 1. The molecule has 0 saturated carbocycles. The largest absolute Gasteiger partial charge is 0.486 e. The first-order chi connectivity index (χ1) is 9.63. The van der Waals surface area contributed by atoms with Gasteiger partial charge in [0.15, 0.2) is 0 Å². The van der Waals surface area contributed by atoms with Crippen LogP contribution in [0, 0.1) is 12.8 Å². The highest BCUT2D eigenvalue weighted by atomic mass is 32.1. The molecule has 0 bridgehead atoms. The molecule has 0 aliphatic carbocycles. The molecule has 3 nitrogen and oxygen atoms in total. The summed E-state index contributed by atoms with van der Waals surface area (Å²) >= 11 is 1.65. The maximum atomic E-state index is 5.73. The number of thiazole rings is 1. The van der Waals surface area contributed by atoms with E-state index in [-0.39, 0.29) is 0 Å². The van der Waals surface area contributed by atoms with E-state index in [9.17, 15) is 0 Å². The SMILES string of the molecule is Cc1ccc(OCc2nc(CNCC(C)C)cs2)cc1. The van der Waals surface area contributed by atoms with Gasteiger partial charge in [0.05, 0.1) is 5.69 Å². The second-order valence-electron chi connectivity index (χ2n) is 5.36. The molecule has 2 rings (SSSR count). The minimum absolute atomic E-state index is 0.540. The molecule has 1 aromatic heterocycles. The molecule has 2 aromatic rings. The number of hydrogen-bond donors (Lipinski definition) is 1. The molecular formula is C16H22N2OS. The first kappa shape index (κ1) is 15.0. The zero-order valence-electron chi connectivity index (χ0n) is 12.3. The van der Waals surface area contributed by atoms with Crippen LogP contribution in [0.15, 0.2) is 29.6 Å². The lowest BCUT2D eigenvalue weighted by atomic mass is 10.2. The van der Waals surface area contributed by atoms with Crippen LogP contribution in [-0.4, -0.2) is 11.5 Å². The lowest BCUT2D eigenvalue weighted by Crippen LogP contribution is -2.19. The van der Waals surface area contributed by atoms with Crippen molar-refractivity contribution in [3.05, 3.63) is 45.9 Å². The van der Waals surface area contributed by atoms with E-state index in [4.69, 9.17) is 4.74 Å². The fraction of sp³-hybridized carbons (Fsp3) is 0.438. The van der Waals surface area contributed by atoms with Crippen molar-refractivity contribution in [1.82, 2.24) is 10.3 Å². The van der Waals surface area contributed by atoms with E-state index in [2.05, 4.69) is 48.6 Å². The van der Waals surface area contributed by atoms with Gasteiger partial charge >= 0.3 is 0 Å². The highest BCUT2D eigenvalue weighted by molar-refractivity contribution is 7.09. The molecule has 4 heteroatoms. The Bertz CT molecular complexity index is 520. The van der Waals surface area contributed by atoms with Crippen LogP contribution in [0.5, 0.6) is 5.75 Å². The van der Waals surface area contributed by atoms with Gasteiger partial charge in [-0.25, -0.2) is 4.98 Å². The molecule has 0 saturated heterocycles. The van der Waals surface area contributed by atoms with E-state index in [0.717, 1.165) is 29.5 Å². The van der Waals surface area contributed by atoms with Crippen LogP contribution >= 0.6 is 11.3 Å². The third-order valence-corrected chi connectivity index (χ3v) is 3.71. The van der Waals surface area contributed by atoms with Gasteiger partial charge in [-0.3, -0.25) is 0 Å². The summed E-state index contributed by atoms with van der Waals surface area (Å²) in [6, 6.07) is 8.10. The van der Waals surface area contributed by atoms with E-state index in [1.807, 2.05) is 12.1 Å². The minimum atomic E-state index is 0.540. The van der Waals surface area contributed by atoms with E-state index >= 15 is 0 Å². The van der Waals surface area contributed by atoms with Gasteiger partial charge in [-0.1, -0.05) is 31.5 Å². The van der Waals surface area contributed by atoms with Crippen LogP contribution in [0.2, 0.25) is 0 Å². The summed E-state index contributed by atoms with van der Waals surface area (Å²) in [5.74, 6) is 1.56. The first-order valence-electron chi connectivity index (χ1n) is 6.97. The van der Waals surface area contributed by atoms with Crippen LogP contribution in [0.1, 0.15) is 30.1 Å². The quantitative estimate of drug-likeness (QED) is 0.842. The summed E-state index contributed by atoms with van der Waals surface area (Å²) in [5, 5.41) is 6.52. The number of aryl methyl sites for hydroxylation is 1. The Morgan fingerprint density at radius 3 is 2.70 bits per heavy atom. The standard InChI is InChI=1S/C16H22N2OS/c1-12(2)8-17-9-14-11-20-16(18-14)10-19-15-6-4-13(3)5-7-15/h4-7,11-12,17H,8-10H2,1-3H3. The van der Waals surface area contributed by atoms with Gasteiger partial charge in [0.2, 0.25) is 0 Å². The van der Waals surface area contributed by atoms with Crippen molar-refractivity contribution < 1.29 is 4.74 Å². The van der Waals surface area contributed by atoms with Gasteiger partial charge in [-0.15, -0.1) is 11.3 Å². The summed E-state index contributed by atoms with van der Waals surface area (Å²) in [5.41, 5.74) is 2.34. The van der Waals surface area contributed by atoms with E-state index in [1.165, 1.54) is 5.56 Å². The summed E-state index contributed by atoms with van der Waals surface area (Å²) < 4.78 is 5.73. The molecule has 0 radical (unpaired) electrons. The van der Waals surface area contributed by atoms with Crippen LogP contribution < -0.4 is 10.1 Å². The summed E-state index contributed by atoms with van der Waals surface area (Å²) in [6.45, 7) is 8.87. The summed E-state index contributed by atoms with van der Waals surface area (Å²) in [6.07, 6.45) is 0. The molecule has 0 amide bonds. The van der Waals surface area contributed by atoms with Crippen molar-refractivity contribution in [3.63, 3.8) is 0 Å². The molecule has 0 aliphatic heterocycles. The van der Waals surface area contributed by atoms with Crippen molar-refractivity contribution in [2.75, 3.05) is 6.54 Å². The number of nitrogens with one attached hydrogen (secondary N) is 1. The molecule has 1 heterocycles. The fourth-order valence-electron chi connectivity index (χ4n) is 1.76. The van der Waals surface area contributed by atoms with E-state index < -0.39 is 0 Å². The molecule has 108 valence electrons. The predicted molar refractivity (Wildman–Crippen MR) is 84.2 cm³/mol. The van der Waals surface area contributed by atoms with E-state index in [1.54, 1.807) is 11.3 Å². The van der Waals surface area contributed by atoms with Gasteiger partial charge in [0.25, 0.3) is 0 Å². The number of benzene rings is 1. The highest BCUT2D eigenvalue weighted by Crippen LogP contribution is 2.16. The Morgan fingerprint density at radius 1 is 1.25 bits per heavy atom. The van der Waals surface area contributed by atoms with Gasteiger partial charge in [0, 0.05) is 11.9 Å². The predicted octanol–water partition coefficient (Wildman–Crippen LogP) is 3.78. The van der Waals surface area contributed by atoms with Gasteiger partial charge in [0.1, 0.15) is 17.4 Å². The van der Waals surface area contributed by atoms with Crippen LogP contribution in [-0.2, 0) is 13.2 Å². The van der Waals surface area contributed by atoms with Gasteiger partial charge < -0.3 is 10.1 Å². The molecule has 0 atom stereocenters. The minimum Gasteiger partial charge on any atom is -0.486 e. The lowest BCUT2D eigenvalue weighted by Gasteiger charge is -2.05. The number of hydrogen-bond acceptors (Lipinski definition) is 4. The fourth-order valence-corrected chi connectivity index (χ4v) is 2.47. The summed E-state index contributed by atoms with van der Waals surface area (Å²) in [7, 11) is 0. The van der Waals surface area contributed by atoms with Gasteiger partial charge in [-0.2, -0.15) is 0 Å². The number of rotatable bonds is 7. The molecule has 1 N–H and O–H groups in total. The van der Waals surface area contributed by atoms with Crippen molar-refractivity contribution in [2.24, 2.45) is 5.92 Å². The highest BCUT2D eigenvalue weighted by Gasteiger charge is 2.03. The zero-order chi connectivity index (χ0) is 14.4. The molecule has 0 fully saturated rings. The second-order valence-corrected chi connectivity index (χ2v) is 6.30. The molecular weight excluding hydrogens is 268 g/mol. The van der Waals surface area contributed by atoms with Crippen LogP contribution in [0.3, 0.4) is 0 Å². The molecule has 20 heavy (non-hydrogen) atoms. The maximum absolute atomic E-state index is 5.73. The smallest absolute Gasteiger partial charge is 0.140 e. The zero-order valence-corrected chi connectivity index (χ0v) is 13.2. The number of aromatic nitrogens is 1. The molecule has 1 aromatic carbocycles. The number of ether oxygens (including phenoxy) is 1. The molecule has 0 spiro atoms. The monoisotopic (exact) mass is 290 g/mol. The van der Waals surface area contributed by atoms with Crippen molar-refractivity contribution in [2.45, 2.75) is 33.9 Å². The lowest BCUT2D eigenvalue weighted by molar-refractivity contribution is 0.305. The van der Waals surface area contributed by atoms with E-state index in [0.29, 0.717) is 12.5 Å².